The van der Waals surface area contributed by atoms with Crippen molar-refractivity contribution < 1.29 is 4.42 Å². The van der Waals surface area contributed by atoms with Crippen LogP contribution in [-0.2, 0) is 5.41 Å². The Bertz CT molecular complexity index is 3740. The third kappa shape index (κ3) is 6.18. The molecule has 0 atom stereocenters. The number of para-hydroxylation sites is 1. The number of rotatable bonds is 8. The molecule has 0 spiro atoms. The molecule has 314 valence electrons. The third-order valence-corrected chi connectivity index (χ3v) is 14.0. The van der Waals surface area contributed by atoms with Crippen LogP contribution < -0.4 is 4.90 Å². The first kappa shape index (κ1) is 38.7. The lowest BCUT2D eigenvalue weighted by molar-refractivity contribution is 0.669. The Morgan fingerprint density at radius 3 is 1.58 bits per heavy atom. The molecule has 1 aliphatic rings. The molecule has 2 heteroatoms. The molecule has 12 aromatic rings. The van der Waals surface area contributed by atoms with E-state index in [0.29, 0.717) is 0 Å². The molecule has 1 aromatic heterocycles. The largest absolute Gasteiger partial charge is 0.456 e. The van der Waals surface area contributed by atoms with Crippen molar-refractivity contribution in [2.24, 2.45) is 0 Å². The van der Waals surface area contributed by atoms with Crippen LogP contribution in [0.4, 0.5) is 17.1 Å². The van der Waals surface area contributed by atoms with Crippen molar-refractivity contribution in [1.29, 1.82) is 0 Å². The molecular formula is C65H43NO. The summed E-state index contributed by atoms with van der Waals surface area (Å²) in [6, 6.07) is 95.2. The van der Waals surface area contributed by atoms with Crippen molar-refractivity contribution in [2.75, 3.05) is 4.90 Å². The average Bonchev–Trinajstić information content (AvgIpc) is 3.94. The lowest BCUT2D eigenvalue weighted by atomic mass is 9.68. The van der Waals surface area contributed by atoms with Crippen LogP contribution >= 0.6 is 0 Å². The van der Waals surface area contributed by atoms with Crippen LogP contribution in [-0.4, -0.2) is 0 Å². The molecule has 0 radical (unpaired) electrons. The van der Waals surface area contributed by atoms with Crippen LogP contribution in [0.1, 0.15) is 22.3 Å². The second kappa shape index (κ2) is 15.8. The molecule has 0 saturated carbocycles. The first-order chi connectivity index (χ1) is 33.2. The number of hydrogen-bond acceptors (Lipinski definition) is 2. The van der Waals surface area contributed by atoms with E-state index in [0.717, 1.165) is 50.1 Å². The van der Waals surface area contributed by atoms with Crippen molar-refractivity contribution in [3.8, 4) is 44.5 Å². The monoisotopic (exact) mass is 853 g/mol. The van der Waals surface area contributed by atoms with Crippen LogP contribution in [0.2, 0.25) is 0 Å². The Labute approximate surface area is 390 Å². The maximum absolute atomic E-state index is 6.21. The van der Waals surface area contributed by atoms with E-state index in [1.54, 1.807) is 0 Å². The summed E-state index contributed by atoms with van der Waals surface area (Å²) in [5, 5.41) is 4.63. The predicted octanol–water partition coefficient (Wildman–Crippen LogP) is 17.6. The fourth-order valence-electron chi connectivity index (χ4n) is 11.0. The molecule has 0 bridgehead atoms. The molecule has 0 N–H and O–H groups in total. The summed E-state index contributed by atoms with van der Waals surface area (Å²) >= 11 is 0. The summed E-state index contributed by atoms with van der Waals surface area (Å²) in [5.74, 6) is 0. The topological polar surface area (TPSA) is 16.4 Å². The molecule has 0 fully saturated rings. The zero-order valence-corrected chi connectivity index (χ0v) is 36.7. The summed E-state index contributed by atoms with van der Waals surface area (Å²) in [7, 11) is 0. The predicted molar refractivity (Wildman–Crippen MR) is 280 cm³/mol. The highest BCUT2D eigenvalue weighted by atomic mass is 16.3. The number of furan rings is 1. The fourth-order valence-corrected chi connectivity index (χ4v) is 11.0. The summed E-state index contributed by atoms with van der Waals surface area (Å²) in [4.78, 5) is 2.50. The van der Waals surface area contributed by atoms with Gasteiger partial charge in [0, 0.05) is 27.4 Å². The highest BCUT2D eigenvalue weighted by Crippen LogP contribution is 2.60. The summed E-state index contributed by atoms with van der Waals surface area (Å²) in [6.07, 6.45) is 0. The van der Waals surface area contributed by atoms with Crippen molar-refractivity contribution in [2.45, 2.75) is 5.41 Å². The highest BCUT2D eigenvalue weighted by Gasteiger charge is 2.47. The van der Waals surface area contributed by atoms with E-state index < -0.39 is 5.41 Å². The zero-order valence-electron chi connectivity index (χ0n) is 36.7. The molecule has 0 aliphatic heterocycles. The average molecular weight is 854 g/mol. The SMILES string of the molecule is c1ccc(-c2ccc(-c3ccc(N(c4ccc(-c5ccc6oc7ccccc7c6c5)cc4)c4cccc5c4-c4ccccc4C5(c4ccccc4)c4ccccc4)c4ccccc34)cc2)cc1. The van der Waals surface area contributed by atoms with Gasteiger partial charge in [-0.05, 0) is 109 Å². The van der Waals surface area contributed by atoms with Gasteiger partial charge in [0.05, 0.1) is 16.8 Å². The fraction of sp³-hybridized carbons (Fsp3) is 0.0154. The van der Waals surface area contributed by atoms with Crippen LogP contribution in [0.5, 0.6) is 0 Å². The van der Waals surface area contributed by atoms with Gasteiger partial charge in [0.15, 0.2) is 0 Å². The molecule has 67 heavy (non-hydrogen) atoms. The van der Waals surface area contributed by atoms with Gasteiger partial charge >= 0.3 is 0 Å². The van der Waals surface area contributed by atoms with Gasteiger partial charge < -0.3 is 9.32 Å². The number of nitrogens with zero attached hydrogens (tertiary/aromatic N) is 1. The lowest BCUT2D eigenvalue weighted by Crippen LogP contribution is -2.28. The minimum atomic E-state index is -0.534. The third-order valence-electron chi connectivity index (χ3n) is 14.0. The van der Waals surface area contributed by atoms with E-state index in [4.69, 9.17) is 4.42 Å². The molecule has 2 nitrogen and oxygen atoms in total. The number of hydrogen-bond donors (Lipinski definition) is 0. The van der Waals surface area contributed by atoms with E-state index in [-0.39, 0.29) is 0 Å². The minimum absolute atomic E-state index is 0.534. The Hall–Kier alpha value is -8.72. The molecule has 11 aromatic carbocycles. The maximum Gasteiger partial charge on any atom is 0.135 e. The van der Waals surface area contributed by atoms with Gasteiger partial charge in [0.2, 0.25) is 0 Å². The van der Waals surface area contributed by atoms with Crippen molar-refractivity contribution in [3.05, 3.63) is 283 Å². The molecule has 1 heterocycles. The second-order valence-corrected chi connectivity index (χ2v) is 17.5. The van der Waals surface area contributed by atoms with Gasteiger partial charge in [0.1, 0.15) is 11.2 Å². The van der Waals surface area contributed by atoms with Gasteiger partial charge in [-0.2, -0.15) is 0 Å². The van der Waals surface area contributed by atoms with E-state index >= 15 is 0 Å². The van der Waals surface area contributed by atoms with Gasteiger partial charge in [-0.25, -0.2) is 0 Å². The van der Waals surface area contributed by atoms with Crippen LogP contribution in [0.3, 0.4) is 0 Å². The van der Waals surface area contributed by atoms with Gasteiger partial charge in [-0.3, -0.25) is 0 Å². The number of fused-ring (bicyclic) bond motifs is 7. The molecule has 1 aliphatic carbocycles. The molecule has 0 saturated heterocycles. The van der Waals surface area contributed by atoms with Crippen LogP contribution in [0.15, 0.2) is 265 Å². The number of benzene rings is 11. The van der Waals surface area contributed by atoms with E-state index in [1.165, 1.54) is 66.4 Å². The lowest BCUT2D eigenvalue weighted by Gasteiger charge is -2.34. The summed E-state index contributed by atoms with van der Waals surface area (Å²) in [5.41, 5.74) is 19.2. The Morgan fingerprint density at radius 2 is 0.836 bits per heavy atom. The quantitative estimate of drug-likeness (QED) is 0.151. The van der Waals surface area contributed by atoms with E-state index in [2.05, 4.69) is 254 Å². The molecule has 13 rings (SSSR count). The van der Waals surface area contributed by atoms with Crippen molar-refractivity contribution >= 4 is 49.8 Å². The molecule has 0 amide bonds. The number of anilines is 3. The van der Waals surface area contributed by atoms with Gasteiger partial charge in [-0.15, -0.1) is 0 Å². The summed E-state index contributed by atoms with van der Waals surface area (Å²) in [6.45, 7) is 0. The van der Waals surface area contributed by atoms with Gasteiger partial charge in [-0.1, -0.05) is 218 Å². The standard InChI is InChI=1S/C65H43NO/c1-4-17-44(18-5-1)45-31-33-47(34-32-45)52-40-41-60(54-24-11-10-23-53(52)54)66(51-38-35-46(36-39-51)48-37-42-63-57(43-48)55-25-13-15-30-62(55)67-63)61-29-16-28-59-64(61)56-26-12-14-27-58(56)65(59,49-19-6-2-7-20-49)50-21-8-3-9-22-50/h1-43H. The van der Waals surface area contributed by atoms with Crippen molar-refractivity contribution in [3.63, 3.8) is 0 Å². The van der Waals surface area contributed by atoms with Crippen LogP contribution in [0.25, 0.3) is 77.2 Å². The molecule has 0 unspecified atom stereocenters. The minimum Gasteiger partial charge on any atom is -0.456 e. The van der Waals surface area contributed by atoms with Gasteiger partial charge in [0.25, 0.3) is 0 Å². The van der Waals surface area contributed by atoms with Crippen LogP contribution in [0, 0.1) is 0 Å². The smallest absolute Gasteiger partial charge is 0.135 e. The zero-order chi connectivity index (χ0) is 44.3. The first-order valence-corrected chi connectivity index (χ1v) is 23.1. The molecular weight excluding hydrogens is 811 g/mol. The second-order valence-electron chi connectivity index (χ2n) is 17.5. The van der Waals surface area contributed by atoms with Crippen molar-refractivity contribution in [1.82, 2.24) is 0 Å². The summed E-state index contributed by atoms with van der Waals surface area (Å²) < 4.78 is 6.21. The van der Waals surface area contributed by atoms with E-state index in [1.807, 2.05) is 12.1 Å². The normalized spacial score (nSPS) is 12.6. The highest BCUT2D eigenvalue weighted by molar-refractivity contribution is 6.09. The Balaban J connectivity index is 1.03. The Kier molecular flexibility index (Phi) is 9.11. The Morgan fingerprint density at radius 1 is 0.299 bits per heavy atom. The van der Waals surface area contributed by atoms with E-state index in [9.17, 15) is 0 Å². The first-order valence-electron chi connectivity index (χ1n) is 23.1. The maximum atomic E-state index is 6.21.